The zero-order valence-corrected chi connectivity index (χ0v) is 13.2. The molecule has 0 radical (unpaired) electrons. The lowest BCUT2D eigenvalue weighted by Crippen LogP contribution is -2.42. The van der Waals surface area contributed by atoms with Crippen LogP contribution in [0, 0.1) is 6.92 Å². The maximum absolute atomic E-state index is 12.8. The fraction of sp³-hybridized carbons (Fsp3) is 0.571. The van der Waals surface area contributed by atoms with E-state index in [4.69, 9.17) is 11.6 Å². The Morgan fingerprint density at radius 2 is 2.05 bits per heavy atom. The van der Waals surface area contributed by atoms with E-state index in [0.717, 1.165) is 24.0 Å². The molecule has 0 saturated carbocycles. The van der Waals surface area contributed by atoms with Crippen LogP contribution in [0.5, 0.6) is 0 Å². The van der Waals surface area contributed by atoms with Crippen molar-refractivity contribution in [2.75, 3.05) is 6.54 Å². The Bertz CT molecular complexity index is 581. The summed E-state index contributed by atoms with van der Waals surface area (Å²) in [5, 5.41) is 0. The molecule has 0 bridgehead atoms. The van der Waals surface area contributed by atoms with Crippen LogP contribution < -0.4 is 0 Å². The molecule has 1 aromatic carbocycles. The lowest BCUT2D eigenvalue weighted by Gasteiger charge is -2.31. The Morgan fingerprint density at radius 1 is 1.37 bits per heavy atom. The Kier molecular flexibility index (Phi) is 3.96. The van der Waals surface area contributed by atoms with Crippen LogP contribution in [0.4, 0.5) is 0 Å². The van der Waals surface area contributed by atoms with Crippen LogP contribution in [0.15, 0.2) is 23.1 Å². The molecule has 1 heterocycles. The predicted octanol–water partition coefficient (Wildman–Crippen LogP) is 3.30. The molecular formula is C14H20ClNO2S. The first-order chi connectivity index (χ1) is 8.79. The standard InChI is InChI=1S/C14H20ClNO2S/c1-11-5-6-12(10-15)9-13(11)19(17,18)16-8-4-7-14(16,2)3/h5-6,9H,4,7-8,10H2,1-3H3. The molecule has 0 aliphatic carbocycles. The molecule has 1 saturated heterocycles. The maximum atomic E-state index is 12.8. The summed E-state index contributed by atoms with van der Waals surface area (Å²) in [6, 6.07) is 5.40. The predicted molar refractivity (Wildman–Crippen MR) is 77.9 cm³/mol. The van der Waals surface area contributed by atoms with Crippen molar-refractivity contribution in [3.63, 3.8) is 0 Å². The van der Waals surface area contributed by atoms with Gasteiger partial charge >= 0.3 is 0 Å². The van der Waals surface area contributed by atoms with Crippen LogP contribution in [0.2, 0.25) is 0 Å². The molecule has 1 aromatic rings. The molecule has 0 atom stereocenters. The minimum atomic E-state index is -3.43. The van der Waals surface area contributed by atoms with Crippen molar-refractivity contribution in [1.29, 1.82) is 0 Å². The highest BCUT2D eigenvalue weighted by Gasteiger charge is 2.41. The van der Waals surface area contributed by atoms with Crippen molar-refractivity contribution in [2.45, 2.75) is 49.9 Å². The van der Waals surface area contributed by atoms with Gasteiger partial charge in [0.25, 0.3) is 0 Å². The summed E-state index contributed by atoms with van der Waals surface area (Å²) >= 11 is 5.81. The number of hydrogen-bond donors (Lipinski definition) is 0. The van der Waals surface area contributed by atoms with E-state index in [0.29, 0.717) is 17.3 Å². The molecule has 0 amide bonds. The van der Waals surface area contributed by atoms with Gasteiger partial charge in [0.15, 0.2) is 0 Å². The van der Waals surface area contributed by atoms with E-state index >= 15 is 0 Å². The van der Waals surface area contributed by atoms with Gasteiger partial charge in [0.2, 0.25) is 10.0 Å². The number of nitrogens with zero attached hydrogens (tertiary/aromatic N) is 1. The third-order valence-electron chi connectivity index (χ3n) is 3.80. The van der Waals surface area contributed by atoms with Gasteiger partial charge in [0.1, 0.15) is 0 Å². The Labute approximate surface area is 120 Å². The van der Waals surface area contributed by atoms with Gasteiger partial charge in [-0.25, -0.2) is 8.42 Å². The molecular weight excluding hydrogens is 282 g/mol. The number of benzene rings is 1. The Morgan fingerprint density at radius 3 is 2.58 bits per heavy atom. The van der Waals surface area contributed by atoms with Crippen molar-refractivity contribution < 1.29 is 8.42 Å². The third kappa shape index (κ3) is 2.67. The lowest BCUT2D eigenvalue weighted by atomic mass is 10.0. The zero-order valence-electron chi connectivity index (χ0n) is 11.6. The van der Waals surface area contributed by atoms with Crippen LogP contribution >= 0.6 is 11.6 Å². The Balaban J connectivity index is 2.51. The first kappa shape index (κ1) is 14.8. The summed E-state index contributed by atoms with van der Waals surface area (Å²) in [5.41, 5.74) is 1.31. The molecule has 106 valence electrons. The van der Waals surface area contributed by atoms with E-state index in [9.17, 15) is 8.42 Å². The van der Waals surface area contributed by atoms with E-state index in [1.54, 1.807) is 10.4 Å². The average Bonchev–Trinajstić information content (AvgIpc) is 2.70. The van der Waals surface area contributed by atoms with E-state index in [2.05, 4.69) is 0 Å². The molecule has 0 N–H and O–H groups in total. The smallest absolute Gasteiger partial charge is 0.207 e. The SMILES string of the molecule is Cc1ccc(CCl)cc1S(=O)(=O)N1CCCC1(C)C. The molecule has 3 nitrogen and oxygen atoms in total. The van der Waals surface area contributed by atoms with Crippen molar-refractivity contribution in [3.8, 4) is 0 Å². The van der Waals surface area contributed by atoms with E-state index < -0.39 is 10.0 Å². The number of alkyl halides is 1. The summed E-state index contributed by atoms with van der Waals surface area (Å²) in [4.78, 5) is 0.389. The quantitative estimate of drug-likeness (QED) is 0.803. The summed E-state index contributed by atoms with van der Waals surface area (Å²) in [7, 11) is -3.43. The monoisotopic (exact) mass is 301 g/mol. The summed E-state index contributed by atoms with van der Waals surface area (Å²) in [6.07, 6.45) is 1.82. The van der Waals surface area contributed by atoms with Crippen molar-refractivity contribution in [2.24, 2.45) is 0 Å². The fourth-order valence-electron chi connectivity index (χ4n) is 2.65. The molecule has 0 spiro atoms. The van der Waals surface area contributed by atoms with Crippen molar-refractivity contribution >= 4 is 21.6 Å². The van der Waals surface area contributed by atoms with Crippen molar-refractivity contribution in [1.82, 2.24) is 4.31 Å². The molecule has 1 aliphatic rings. The van der Waals surface area contributed by atoms with Gasteiger partial charge in [0.05, 0.1) is 4.90 Å². The number of aryl methyl sites for hydroxylation is 1. The van der Waals surface area contributed by atoms with Crippen LogP contribution in [-0.2, 0) is 15.9 Å². The van der Waals surface area contributed by atoms with Gasteiger partial charge in [-0.05, 0) is 50.8 Å². The number of rotatable bonds is 3. The second kappa shape index (κ2) is 5.08. The van der Waals surface area contributed by atoms with Crippen molar-refractivity contribution in [3.05, 3.63) is 29.3 Å². The molecule has 1 fully saturated rings. The molecule has 2 rings (SSSR count). The van der Waals surface area contributed by atoms with E-state index in [1.807, 2.05) is 32.9 Å². The first-order valence-corrected chi connectivity index (χ1v) is 8.45. The van der Waals surface area contributed by atoms with Crippen LogP contribution in [0.1, 0.15) is 37.8 Å². The molecule has 1 aliphatic heterocycles. The van der Waals surface area contributed by atoms with Gasteiger partial charge in [-0.15, -0.1) is 11.6 Å². The molecule has 5 heteroatoms. The molecule has 0 unspecified atom stereocenters. The fourth-order valence-corrected chi connectivity index (χ4v) is 4.94. The molecule has 19 heavy (non-hydrogen) atoms. The molecule has 0 aromatic heterocycles. The van der Waals surface area contributed by atoms with Gasteiger partial charge < -0.3 is 0 Å². The minimum Gasteiger partial charge on any atom is -0.207 e. The largest absolute Gasteiger partial charge is 0.243 e. The van der Waals surface area contributed by atoms with Crippen LogP contribution in [0.3, 0.4) is 0 Å². The highest BCUT2D eigenvalue weighted by atomic mass is 35.5. The topological polar surface area (TPSA) is 37.4 Å². The second-order valence-corrected chi connectivity index (χ2v) is 7.82. The highest BCUT2D eigenvalue weighted by molar-refractivity contribution is 7.89. The van der Waals surface area contributed by atoms with Crippen LogP contribution in [-0.4, -0.2) is 24.8 Å². The van der Waals surface area contributed by atoms with Gasteiger partial charge in [-0.3, -0.25) is 0 Å². The summed E-state index contributed by atoms with van der Waals surface area (Å²) in [6.45, 7) is 6.39. The highest BCUT2D eigenvalue weighted by Crippen LogP contribution is 2.35. The lowest BCUT2D eigenvalue weighted by molar-refractivity contribution is 0.291. The van der Waals surface area contributed by atoms with E-state index in [1.165, 1.54) is 0 Å². The zero-order chi connectivity index (χ0) is 14.3. The minimum absolute atomic E-state index is 0.303. The normalized spacial score (nSPS) is 19.8. The maximum Gasteiger partial charge on any atom is 0.243 e. The van der Waals surface area contributed by atoms with E-state index in [-0.39, 0.29) is 5.54 Å². The number of sulfonamides is 1. The average molecular weight is 302 g/mol. The van der Waals surface area contributed by atoms with Crippen LogP contribution in [0.25, 0.3) is 0 Å². The van der Waals surface area contributed by atoms with Gasteiger partial charge in [0, 0.05) is 18.0 Å². The number of halogens is 1. The first-order valence-electron chi connectivity index (χ1n) is 6.47. The second-order valence-electron chi connectivity index (χ2n) is 5.73. The summed E-state index contributed by atoms with van der Waals surface area (Å²) < 4.78 is 27.3. The third-order valence-corrected chi connectivity index (χ3v) is 6.36. The van der Waals surface area contributed by atoms with Gasteiger partial charge in [-0.2, -0.15) is 4.31 Å². The summed E-state index contributed by atoms with van der Waals surface area (Å²) in [5.74, 6) is 0.326. The Hall–Kier alpha value is -0.580. The van der Waals surface area contributed by atoms with Gasteiger partial charge in [-0.1, -0.05) is 12.1 Å². The number of hydrogen-bond acceptors (Lipinski definition) is 2.